The molecule has 0 saturated carbocycles. The lowest BCUT2D eigenvalue weighted by Gasteiger charge is -2.32. The number of carbonyl (C=O) groups is 1. The molecule has 0 radical (unpaired) electrons. The second-order valence-corrected chi connectivity index (χ2v) is 5.14. The first kappa shape index (κ1) is 13.2. The van der Waals surface area contributed by atoms with E-state index >= 15 is 0 Å². The number of aryl methyl sites for hydroxylation is 2. The Morgan fingerprint density at radius 1 is 1.28 bits per heavy atom. The van der Waals surface area contributed by atoms with E-state index in [2.05, 4.69) is 23.2 Å². The Balaban J connectivity index is 2.14. The second-order valence-electron chi connectivity index (χ2n) is 5.14. The van der Waals surface area contributed by atoms with E-state index in [0.29, 0.717) is 0 Å². The highest BCUT2D eigenvalue weighted by Gasteiger charge is 2.24. The van der Waals surface area contributed by atoms with Crippen LogP contribution in [0.3, 0.4) is 0 Å². The second kappa shape index (κ2) is 5.63. The van der Waals surface area contributed by atoms with Gasteiger partial charge in [-0.1, -0.05) is 23.8 Å². The van der Waals surface area contributed by atoms with E-state index in [-0.39, 0.29) is 11.8 Å². The van der Waals surface area contributed by atoms with E-state index in [9.17, 15) is 4.79 Å². The number of rotatable bonds is 3. The van der Waals surface area contributed by atoms with Gasteiger partial charge < -0.3 is 5.32 Å². The lowest BCUT2D eigenvalue weighted by molar-refractivity contribution is 0.0819. The normalized spacial score (nSPS) is 18.6. The third-order valence-electron chi connectivity index (χ3n) is 3.73. The number of nitrogens with zero attached hydrogens (tertiary/aromatic N) is 1. The highest BCUT2D eigenvalue weighted by molar-refractivity contribution is 6.01. The first-order valence-electron chi connectivity index (χ1n) is 6.66. The molecule has 0 aliphatic carbocycles. The lowest BCUT2D eigenvalue weighted by Crippen LogP contribution is -2.50. The molecule has 1 fully saturated rings. The standard InChI is InChI=1S/C15H22N2O/c1-11-4-5-14(12(2)10-11)15(18)13(3)17-8-6-16-7-9-17/h4-5,10,13,16H,6-9H2,1-3H3. The fourth-order valence-electron chi connectivity index (χ4n) is 2.55. The highest BCUT2D eigenvalue weighted by atomic mass is 16.1. The van der Waals surface area contributed by atoms with Gasteiger partial charge in [-0.2, -0.15) is 0 Å². The van der Waals surface area contributed by atoms with Gasteiger partial charge in [-0.3, -0.25) is 9.69 Å². The smallest absolute Gasteiger partial charge is 0.179 e. The molecule has 1 atom stereocenters. The van der Waals surface area contributed by atoms with Crippen LogP contribution in [0.15, 0.2) is 18.2 Å². The average Bonchev–Trinajstić information content (AvgIpc) is 2.38. The zero-order chi connectivity index (χ0) is 13.1. The maximum absolute atomic E-state index is 12.5. The van der Waals surface area contributed by atoms with Crippen LogP contribution < -0.4 is 5.32 Å². The first-order chi connectivity index (χ1) is 8.59. The van der Waals surface area contributed by atoms with Crippen molar-refractivity contribution in [2.75, 3.05) is 26.2 Å². The molecule has 3 nitrogen and oxygen atoms in total. The fraction of sp³-hybridized carbons (Fsp3) is 0.533. The van der Waals surface area contributed by atoms with Gasteiger partial charge in [0.15, 0.2) is 5.78 Å². The summed E-state index contributed by atoms with van der Waals surface area (Å²) in [5.74, 6) is 0.245. The third-order valence-corrected chi connectivity index (χ3v) is 3.73. The van der Waals surface area contributed by atoms with Crippen LogP contribution in [0.1, 0.15) is 28.4 Å². The topological polar surface area (TPSA) is 32.3 Å². The molecule has 1 aliphatic rings. The molecule has 1 aliphatic heterocycles. The van der Waals surface area contributed by atoms with Crippen LogP contribution in [0.2, 0.25) is 0 Å². The van der Waals surface area contributed by atoms with Crippen molar-refractivity contribution in [3.63, 3.8) is 0 Å². The summed E-state index contributed by atoms with van der Waals surface area (Å²) in [6.45, 7) is 9.96. The molecule has 1 saturated heterocycles. The zero-order valence-electron chi connectivity index (χ0n) is 11.5. The van der Waals surface area contributed by atoms with E-state index in [1.807, 2.05) is 26.0 Å². The van der Waals surface area contributed by atoms with Crippen molar-refractivity contribution in [1.82, 2.24) is 10.2 Å². The van der Waals surface area contributed by atoms with Gasteiger partial charge in [-0.15, -0.1) is 0 Å². The number of carbonyl (C=O) groups excluding carboxylic acids is 1. The first-order valence-corrected chi connectivity index (χ1v) is 6.66. The predicted octanol–water partition coefficient (Wildman–Crippen LogP) is 1.78. The number of nitrogens with one attached hydrogen (secondary N) is 1. The SMILES string of the molecule is Cc1ccc(C(=O)C(C)N2CCNCC2)c(C)c1. The van der Waals surface area contributed by atoms with Crippen molar-refractivity contribution < 1.29 is 4.79 Å². The molecule has 1 N–H and O–H groups in total. The van der Waals surface area contributed by atoms with E-state index in [0.717, 1.165) is 37.3 Å². The van der Waals surface area contributed by atoms with Crippen LogP contribution in [-0.4, -0.2) is 42.9 Å². The highest BCUT2D eigenvalue weighted by Crippen LogP contribution is 2.15. The molecule has 0 bridgehead atoms. The molecule has 1 heterocycles. The molecular weight excluding hydrogens is 224 g/mol. The number of piperazine rings is 1. The third kappa shape index (κ3) is 2.79. The van der Waals surface area contributed by atoms with Crippen LogP contribution in [0.4, 0.5) is 0 Å². The van der Waals surface area contributed by atoms with Gasteiger partial charge in [0.1, 0.15) is 0 Å². The van der Waals surface area contributed by atoms with Crippen molar-refractivity contribution in [3.05, 3.63) is 34.9 Å². The summed E-state index contributed by atoms with van der Waals surface area (Å²) in [5, 5.41) is 3.31. The minimum absolute atomic E-state index is 0.0199. The molecule has 0 aromatic heterocycles. The minimum atomic E-state index is -0.0199. The number of Topliss-reactive ketones (excluding diaryl/α,β-unsaturated/α-hetero) is 1. The van der Waals surface area contributed by atoms with Crippen molar-refractivity contribution >= 4 is 5.78 Å². The quantitative estimate of drug-likeness (QED) is 0.825. The fourth-order valence-corrected chi connectivity index (χ4v) is 2.55. The Kier molecular flexibility index (Phi) is 4.15. The van der Waals surface area contributed by atoms with Crippen molar-refractivity contribution in [3.8, 4) is 0 Å². The zero-order valence-corrected chi connectivity index (χ0v) is 11.5. The van der Waals surface area contributed by atoms with Gasteiger partial charge in [0.2, 0.25) is 0 Å². The van der Waals surface area contributed by atoms with E-state index in [4.69, 9.17) is 0 Å². The van der Waals surface area contributed by atoms with Gasteiger partial charge in [-0.25, -0.2) is 0 Å². The van der Waals surface area contributed by atoms with E-state index < -0.39 is 0 Å². The van der Waals surface area contributed by atoms with Gasteiger partial charge in [0.05, 0.1) is 6.04 Å². The van der Waals surface area contributed by atoms with Crippen LogP contribution in [0.25, 0.3) is 0 Å². The summed E-state index contributed by atoms with van der Waals surface area (Å²) in [4.78, 5) is 14.8. The monoisotopic (exact) mass is 246 g/mol. The number of benzene rings is 1. The van der Waals surface area contributed by atoms with Crippen molar-refractivity contribution in [2.24, 2.45) is 0 Å². The Morgan fingerprint density at radius 3 is 2.56 bits per heavy atom. The minimum Gasteiger partial charge on any atom is -0.314 e. The van der Waals surface area contributed by atoms with Crippen molar-refractivity contribution in [1.29, 1.82) is 0 Å². The summed E-state index contributed by atoms with van der Waals surface area (Å²) in [7, 11) is 0. The molecule has 1 aromatic carbocycles. The Bertz CT molecular complexity index is 436. The van der Waals surface area contributed by atoms with Gasteiger partial charge in [-0.05, 0) is 26.3 Å². The summed E-state index contributed by atoms with van der Waals surface area (Å²) in [6.07, 6.45) is 0. The molecule has 0 amide bonds. The molecule has 1 aromatic rings. The summed E-state index contributed by atoms with van der Waals surface area (Å²) in [5.41, 5.74) is 3.16. The summed E-state index contributed by atoms with van der Waals surface area (Å²) < 4.78 is 0. The number of hydrogen-bond acceptors (Lipinski definition) is 3. The lowest BCUT2D eigenvalue weighted by atomic mass is 9.97. The largest absolute Gasteiger partial charge is 0.314 e. The van der Waals surface area contributed by atoms with Crippen LogP contribution in [0, 0.1) is 13.8 Å². The Labute approximate surface area is 109 Å². The Hall–Kier alpha value is -1.19. The molecule has 0 spiro atoms. The molecule has 1 unspecified atom stereocenters. The van der Waals surface area contributed by atoms with Crippen LogP contribution >= 0.6 is 0 Å². The predicted molar refractivity (Wildman–Crippen MR) is 74.2 cm³/mol. The molecule has 98 valence electrons. The maximum atomic E-state index is 12.5. The van der Waals surface area contributed by atoms with Crippen LogP contribution in [0.5, 0.6) is 0 Å². The summed E-state index contributed by atoms with van der Waals surface area (Å²) in [6, 6.07) is 6.04. The van der Waals surface area contributed by atoms with Gasteiger partial charge in [0.25, 0.3) is 0 Å². The number of hydrogen-bond donors (Lipinski definition) is 1. The molecule has 2 rings (SSSR count). The van der Waals surface area contributed by atoms with Gasteiger partial charge >= 0.3 is 0 Å². The van der Waals surface area contributed by atoms with Crippen LogP contribution in [-0.2, 0) is 0 Å². The number of ketones is 1. The molecular formula is C15H22N2O. The molecule has 3 heteroatoms. The van der Waals surface area contributed by atoms with E-state index in [1.165, 1.54) is 5.56 Å². The van der Waals surface area contributed by atoms with E-state index in [1.54, 1.807) is 0 Å². The Morgan fingerprint density at radius 2 is 1.94 bits per heavy atom. The molecule has 18 heavy (non-hydrogen) atoms. The summed E-state index contributed by atoms with van der Waals surface area (Å²) >= 11 is 0. The van der Waals surface area contributed by atoms with Crippen molar-refractivity contribution in [2.45, 2.75) is 26.8 Å². The average molecular weight is 246 g/mol. The van der Waals surface area contributed by atoms with Gasteiger partial charge in [0, 0.05) is 31.7 Å². The maximum Gasteiger partial charge on any atom is 0.179 e.